The van der Waals surface area contributed by atoms with Gasteiger partial charge < -0.3 is 30.6 Å². The molecular formula is C22H33N3O6. The van der Waals surface area contributed by atoms with Crippen LogP contribution in [0.15, 0.2) is 18.2 Å². The van der Waals surface area contributed by atoms with Crippen molar-refractivity contribution >= 4 is 23.7 Å². The number of carbonyl (C=O) groups excluding carboxylic acids is 3. The molecule has 1 fully saturated rings. The Balaban J connectivity index is 1.96. The van der Waals surface area contributed by atoms with E-state index in [4.69, 9.17) is 19.9 Å². The Bertz CT molecular complexity index is 784. The number of nitrogens with one attached hydrogen (secondary N) is 2. The van der Waals surface area contributed by atoms with Crippen LogP contribution in [0, 0.1) is 0 Å². The highest BCUT2D eigenvalue weighted by atomic mass is 16.6. The topological polar surface area (TPSA) is 129 Å². The van der Waals surface area contributed by atoms with Gasteiger partial charge >= 0.3 is 12.1 Å². The van der Waals surface area contributed by atoms with Crippen molar-refractivity contribution in [2.24, 2.45) is 0 Å². The predicted molar refractivity (Wildman–Crippen MR) is 116 cm³/mol. The van der Waals surface area contributed by atoms with Crippen molar-refractivity contribution in [2.75, 3.05) is 19.4 Å². The molecule has 1 saturated carbocycles. The Kier molecular flexibility index (Phi) is 8.53. The maximum absolute atomic E-state index is 12.6. The van der Waals surface area contributed by atoms with Gasteiger partial charge in [0.2, 0.25) is 0 Å². The Morgan fingerprint density at radius 1 is 1.19 bits per heavy atom. The molecule has 9 heteroatoms. The predicted octanol–water partition coefficient (Wildman–Crippen LogP) is 2.78. The van der Waals surface area contributed by atoms with Gasteiger partial charge in [0.05, 0.1) is 12.8 Å². The van der Waals surface area contributed by atoms with Crippen molar-refractivity contribution in [1.29, 1.82) is 0 Å². The van der Waals surface area contributed by atoms with Gasteiger partial charge in [-0.15, -0.1) is 0 Å². The van der Waals surface area contributed by atoms with Crippen molar-refractivity contribution < 1.29 is 28.6 Å². The van der Waals surface area contributed by atoms with Crippen LogP contribution >= 0.6 is 0 Å². The number of methoxy groups -OCH3 is 1. The number of rotatable bonds is 8. The lowest BCUT2D eigenvalue weighted by molar-refractivity contribution is -0.151. The van der Waals surface area contributed by atoms with Crippen LogP contribution in [0.4, 0.5) is 10.5 Å². The van der Waals surface area contributed by atoms with E-state index in [1.165, 1.54) is 13.2 Å². The third-order valence-corrected chi connectivity index (χ3v) is 4.77. The standard InChI is InChI=1S/C22H33N3O6/c1-22(2,3)31-21(28)25-17(20(27)30-15-7-5-6-8-15)11-12-24-19(26)14-9-10-16(23)18(13-14)29-4/h9-10,13,15,17H,5-8,11-12,23H2,1-4H3,(H,24,26)(H,25,28)/t17-/m0/s1. The van der Waals surface area contributed by atoms with Crippen LogP contribution in [0.5, 0.6) is 5.75 Å². The summed E-state index contributed by atoms with van der Waals surface area (Å²) in [5.74, 6) is -0.475. The first-order chi connectivity index (χ1) is 14.6. The smallest absolute Gasteiger partial charge is 0.408 e. The molecule has 0 heterocycles. The molecule has 1 aromatic rings. The first-order valence-corrected chi connectivity index (χ1v) is 10.5. The summed E-state index contributed by atoms with van der Waals surface area (Å²) in [7, 11) is 1.47. The molecule has 0 aliphatic heterocycles. The molecule has 0 saturated heterocycles. The minimum absolute atomic E-state index is 0.132. The summed E-state index contributed by atoms with van der Waals surface area (Å²) in [6.45, 7) is 5.35. The lowest BCUT2D eigenvalue weighted by Crippen LogP contribution is -2.46. The van der Waals surface area contributed by atoms with Crippen LogP contribution in [0.3, 0.4) is 0 Å². The van der Waals surface area contributed by atoms with E-state index >= 15 is 0 Å². The first-order valence-electron chi connectivity index (χ1n) is 10.5. The van der Waals surface area contributed by atoms with Crippen molar-refractivity contribution in [3.05, 3.63) is 23.8 Å². The molecule has 4 N–H and O–H groups in total. The fourth-order valence-electron chi connectivity index (χ4n) is 3.24. The SMILES string of the molecule is COc1cc(C(=O)NCC[C@H](NC(=O)OC(C)(C)C)C(=O)OC2CCCC2)ccc1N. The minimum Gasteiger partial charge on any atom is -0.495 e. The molecule has 2 amide bonds. The van der Waals surface area contributed by atoms with E-state index in [0.29, 0.717) is 17.0 Å². The summed E-state index contributed by atoms with van der Waals surface area (Å²) in [6, 6.07) is 3.77. The van der Waals surface area contributed by atoms with E-state index in [-0.39, 0.29) is 25.0 Å². The molecule has 1 atom stereocenters. The molecule has 2 rings (SSSR count). The lowest BCUT2D eigenvalue weighted by atomic mass is 10.1. The molecule has 0 unspecified atom stereocenters. The number of hydrogen-bond donors (Lipinski definition) is 3. The minimum atomic E-state index is -0.934. The number of nitrogens with two attached hydrogens (primary N) is 1. The van der Waals surface area contributed by atoms with Gasteiger partial charge in [-0.05, 0) is 71.1 Å². The monoisotopic (exact) mass is 435 g/mol. The molecule has 172 valence electrons. The molecule has 0 radical (unpaired) electrons. The fraction of sp³-hybridized carbons (Fsp3) is 0.591. The zero-order chi connectivity index (χ0) is 23.0. The van der Waals surface area contributed by atoms with Crippen LogP contribution < -0.4 is 21.1 Å². The molecule has 0 aromatic heterocycles. The average Bonchev–Trinajstić information content (AvgIpc) is 3.19. The molecule has 0 spiro atoms. The van der Waals surface area contributed by atoms with E-state index in [0.717, 1.165) is 25.7 Å². The zero-order valence-corrected chi connectivity index (χ0v) is 18.7. The van der Waals surface area contributed by atoms with E-state index < -0.39 is 23.7 Å². The summed E-state index contributed by atoms with van der Waals surface area (Å²) >= 11 is 0. The molecule has 1 aliphatic carbocycles. The first kappa shape index (κ1) is 24.3. The average molecular weight is 436 g/mol. The van der Waals surface area contributed by atoms with Crippen LogP contribution in [0.1, 0.15) is 63.2 Å². The van der Waals surface area contributed by atoms with Crippen LogP contribution in [-0.2, 0) is 14.3 Å². The summed E-state index contributed by atoms with van der Waals surface area (Å²) in [5.41, 5.74) is 5.87. The van der Waals surface area contributed by atoms with Gasteiger partial charge in [0.25, 0.3) is 5.91 Å². The van der Waals surface area contributed by atoms with Gasteiger partial charge in [0.1, 0.15) is 23.5 Å². The lowest BCUT2D eigenvalue weighted by Gasteiger charge is -2.24. The highest BCUT2D eigenvalue weighted by Crippen LogP contribution is 2.23. The maximum Gasteiger partial charge on any atom is 0.408 e. The summed E-state index contributed by atoms with van der Waals surface area (Å²) in [5, 5.41) is 5.30. The Labute approximate surface area is 183 Å². The molecule has 9 nitrogen and oxygen atoms in total. The molecule has 0 bridgehead atoms. The molecule has 1 aliphatic rings. The number of benzene rings is 1. The van der Waals surface area contributed by atoms with Crippen LogP contribution in [0.25, 0.3) is 0 Å². The zero-order valence-electron chi connectivity index (χ0n) is 18.7. The highest BCUT2D eigenvalue weighted by molar-refractivity contribution is 5.95. The normalized spacial score (nSPS) is 15.1. The Morgan fingerprint density at radius 3 is 2.48 bits per heavy atom. The highest BCUT2D eigenvalue weighted by Gasteiger charge is 2.28. The van der Waals surface area contributed by atoms with Gasteiger partial charge in [-0.2, -0.15) is 0 Å². The van der Waals surface area contributed by atoms with Crippen molar-refractivity contribution in [3.63, 3.8) is 0 Å². The molecule has 1 aromatic carbocycles. The number of carbonyl (C=O) groups is 3. The number of esters is 1. The number of ether oxygens (including phenoxy) is 3. The third-order valence-electron chi connectivity index (χ3n) is 4.77. The van der Waals surface area contributed by atoms with Crippen molar-refractivity contribution in [1.82, 2.24) is 10.6 Å². The maximum atomic E-state index is 12.6. The van der Waals surface area contributed by atoms with Gasteiger partial charge in [-0.3, -0.25) is 4.79 Å². The summed E-state index contributed by atoms with van der Waals surface area (Å²) in [6.07, 6.45) is 2.98. The largest absolute Gasteiger partial charge is 0.495 e. The van der Waals surface area contributed by atoms with E-state index in [1.807, 2.05) is 0 Å². The van der Waals surface area contributed by atoms with E-state index in [1.54, 1.807) is 32.9 Å². The summed E-state index contributed by atoms with van der Waals surface area (Å²) < 4.78 is 15.9. The van der Waals surface area contributed by atoms with Gasteiger partial charge in [-0.25, -0.2) is 9.59 Å². The second-order valence-electron chi connectivity index (χ2n) is 8.54. The molecular weight excluding hydrogens is 402 g/mol. The molecule has 31 heavy (non-hydrogen) atoms. The Morgan fingerprint density at radius 2 is 1.87 bits per heavy atom. The second kappa shape index (κ2) is 10.9. The van der Waals surface area contributed by atoms with E-state index in [9.17, 15) is 14.4 Å². The van der Waals surface area contributed by atoms with E-state index in [2.05, 4.69) is 10.6 Å². The van der Waals surface area contributed by atoms with Gasteiger partial charge in [0, 0.05) is 12.1 Å². The Hall–Kier alpha value is -2.97. The third kappa shape index (κ3) is 7.99. The van der Waals surface area contributed by atoms with Crippen molar-refractivity contribution in [3.8, 4) is 5.75 Å². The summed E-state index contributed by atoms with van der Waals surface area (Å²) in [4.78, 5) is 37.2. The number of hydrogen-bond acceptors (Lipinski definition) is 7. The fourth-order valence-corrected chi connectivity index (χ4v) is 3.24. The van der Waals surface area contributed by atoms with Crippen LogP contribution in [-0.4, -0.2) is 49.4 Å². The number of nitrogen functional groups attached to an aromatic ring is 1. The van der Waals surface area contributed by atoms with Crippen molar-refractivity contribution in [2.45, 2.75) is 70.6 Å². The number of anilines is 1. The number of amides is 2. The van der Waals surface area contributed by atoms with Gasteiger partial charge in [0.15, 0.2) is 0 Å². The van der Waals surface area contributed by atoms with Crippen LogP contribution in [0.2, 0.25) is 0 Å². The second-order valence-corrected chi connectivity index (χ2v) is 8.54. The van der Waals surface area contributed by atoms with Gasteiger partial charge in [-0.1, -0.05) is 0 Å². The quantitative estimate of drug-likeness (QED) is 0.423. The number of alkyl carbamates (subject to hydrolysis) is 1.